The quantitative estimate of drug-likeness (QED) is 0.639. The van der Waals surface area contributed by atoms with Gasteiger partial charge in [-0.1, -0.05) is 19.3 Å². The summed E-state index contributed by atoms with van der Waals surface area (Å²) in [5, 5.41) is -4.90. The van der Waals surface area contributed by atoms with Crippen molar-refractivity contribution >= 4 is 16.1 Å². The number of rotatable bonds is 3. The van der Waals surface area contributed by atoms with Gasteiger partial charge in [-0.05, 0) is 37.5 Å². The number of carbonyl (C=O) groups is 1. The Hall–Kier alpha value is -0.760. The molecule has 0 aromatic rings. The Kier molecular flexibility index (Phi) is 4.34. The van der Waals surface area contributed by atoms with Crippen LogP contribution < -0.4 is 0 Å². The zero-order valence-corrected chi connectivity index (χ0v) is 11.7. The zero-order valence-electron chi connectivity index (χ0n) is 10.9. The molecule has 2 bridgehead atoms. The van der Waals surface area contributed by atoms with E-state index in [2.05, 4.69) is 0 Å². The normalized spacial score (nSPS) is 31.4. The molecule has 3 unspecified atom stereocenters. The molecule has 8 heteroatoms. The lowest BCUT2D eigenvalue weighted by Gasteiger charge is -2.27. The van der Waals surface area contributed by atoms with E-state index in [0.29, 0.717) is 12.3 Å². The second kappa shape index (κ2) is 5.55. The lowest BCUT2D eigenvalue weighted by molar-refractivity contribution is -0.170. The first-order valence-corrected chi connectivity index (χ1v) is 8.21. The predicted octanol–water partition coefficient (Wildman–Crippen LogP) is 2.37. The third-order valence-corrected chi connectivity index (χ3v) is 5.15. The van der Waals surface area contributed by atoms with Crippen molar-refractivity contribution in [2.24, 2.45) is 11.8 Å². The van der Waals surface area contributed by atoms with Crippen molar-refractivity contribution in [2.45, 2.75) is 56.3 Å². The highest BCUT2D eigenvalue weighted by Gasteiger charge is 2.55. The van der Waals surface area contributed by atoms with Gasteiger partial charge in [-0.15, -0.1) is 0 Å². The van der Waals surface area contributed by atoms with Gasteiger partial charge in [-0.2, -0.15) is 17.2 Å². The molecular weight excluding hydrogens is 294 g/mol. The van der Waals surface area contributed by atoms with Crippen LogP contribution in [0.25, 0.3) is 0 Å². The summed E-state index contributed by atoms with van der Waals surface area (Å²) in [5.41, 5.74) is 0. The molecule has 5 nitrogen and oxygen atoms in total. The van der Waals surface area contributed by atoms with Crippen LogP contribution in [-0.2, 0) is 19.6 Å². The summed E-state index contributed by atoms with van der Waals surface area (Å²) in [6.07, 6.45) is 5.27. The Morgan fingerprint density at radius 3 is 2.40 bits per heavy atom. The molecule has 0 spiro atoms. The number of carbonyl (C=O) groups excluding carboxylic acids is 1. The van der Waals surface area contributed by atoms with E-state index in [0.717, 1.165) is 38.5 Å². The van der Waals surface area contributed by atoms with Crippen LogP contribution in [0.4, 0.5) is 8.78 Å². The van der Waals surface area contributed by atoms with Gasteiger partial charge in [0.2, 0.25) is 0 Å². The van der Waals surface area contributed by atoms with Gasteiger partial charge >= 0.3 is 21.3 Å². The van der Waals surface area contributed by atoms with Gasteiger partial charge in [0.25, 0.3) is 0 Å². The summed E-state index contributed by atoms with van der Waals surface area (Å²) in [5.74, 6) is -1.64. The summed E-state index contributed by atoms with van der Waals surface area (Å²) in [4.78, 5) is 11.3. The lowest BCUT2D eigenvalue weighted by atomic mass is 9.90. The van der Waals surface area contributed by atoms with E-state index in [1.54, 1.807) is 0 Å². The number of alkyl halides is 2. The molecule has 2 aliphatic carbocycles. The predicted molar refractivity (Wildman–Crippen MR) is 65.7 cm³/mol. The van der Waals surface area contributed by atoms with Gasteiger partial charge in [0, 0.05) is 0 Å². The molecule has 2 rings (SSSR count). The highest BCUT2D eigenvalue weighted by atomic mass is 32.2. The molecule has 0 radical (unpaired) electrons. The summed E-state index contributed by atoms with van der Waals surface area (Å²) in [6, 6.07) is 0. The molecule has 0 aromatic heterocycles. The molecular formula is C12H18F2O5S. The average Bonchev–Trinajstić information content (AvgIpc) is 2.65. The van der Waals surface area contributed by atoms with Gasteiger partial charge in [0.1, 0.15) is 6.10 Å². The molecule has 0 aliphatic heterocycles. The first-order chi connectivity index (χ1) is 9.22. The number of ether oxygens (including phenoxy) is 1. The fourth-order valence-electron chi connectivity index (χ4n) is 3.17. The Bertz CT molecular complexity index is 476. The second-order valence-electron chi connectivity index (χ2n) is 5.65. The van der Waals surface area contributed by atoms with E-state index in [9.17, 15) is 22.0 Å². The van der Waals surface area contributed by atoms with Gasteiger partial charge in [-0.25, -0.2) is 4.79 Å². The molecule has 2 saturated carbocycles. The Morgan fingerprint density at radius 1 is 1.10 bits per heavy atom. The Morgan fingerprint density at radius 2 is 1.75 bits per heavy atom. The fourth-order valence-corrected chi connectivity index (χ4v) is 3.43. The summed E-state index contributed by atoms with van der Waals surface area (Å²) in [6.45, 7) is 0. The Balaban J connectivity index is 2.07. The maximum atomic E-state index is 13.2. The number of esters is 1. The smallest absolute Gasteiger partial charge is 0.457 e. The maximum Gasteiger partial charge on any atom is 0.465 e. The van der Waals surface area contributed by atoms with Gasteiger partial charge in [0.15, 0.2) is 0 Å². The van der Waals surface area contributed by atoms with Crippen LogP contribution in [0, 0.1) is 11.8 Å². The molecule has 0 heterocycles. The lowest BCUT2D eigenvalue weighted by Crippen LogP contribution is -2.42. The van der Waals surface area contributed by atoms with E-state index < -0.39 is 27.4 Å². The molecule has 116 valence electrons. The highest BCUT2D eigenvalue weighted by molar-refractivity contribution is 7.87. The number of hydrogen-bond acceptors (Lipinski definition) is 4. The molecule has 3 atom stereocenters. The van der Waals surface area contributed by atoms with Crippen LogP contribution in [0.5, 0.6) is 0 Å². The third kappa shape index (κ3) is 3.11. The average molecular weight is 312 g/mol. The molecule has 0 aromatic carbocycles. The van der Waals surface area contributed by atoms with Crippen molar-refractivity contribution < 1.29 is 31.3 Å². The van der Waals surface area contributed by atoms with Gasteiger partial charge in [-0.3, -0.25) is 4.55 Å². The monoisotopic (exact) mass is 312 g/mol. The van der Waals surface area contributed by atoms with E-state index in [1.165, 1.54) is 0 Å². The minimum Gasteiger partial charge on any atom is -0.457 e. The van der Waals surface area contributed by atoms with E-state index in [1.807, 2.05) is 0 Å². The minimum atomic E-state index is -5.79. The second-order valence-corrected chi connectivity index (χ2v) is 7.11. The SMILES string of the molecule is O=C(OC1CCC2CCCC1CC2)C(F)(F)S(=O)(=O)O. The van der Waals surface area contributed by atoms with Gasteiger partial charge in [0.05, 0.1) is 0 Å². The highest BCUT2D eigenvalue weighted by Crippen LogP contribution is 2.39. The van der Waals surface area contributed by atoms with Crippen LogP contribution in [0.2, 0.25) is 0 Å². The zero-order chi connectivity index (χ0) is 15.0. The molecule has 0 amide bonds. The number of halogens is 2. The maximum absolute atomic E-state index is 13.2. The largest absolute Gasteiger partial charge is 0.465 e. The fraction of sp³-hybridized carbons (Fsp3) is 0.917. The van der Waals surface area contributed by atoms with Crippen molar-refractivity contribution in [3.05, 3.63) is 0 Å². The number of fused-ring (bicyclic) bond motifs is 3. The van der Waals surface area contributed by atoms with Crippen LogP contribution in [0.1, 0.15) is 44.9 Å². The van der Waals surface area contributed by atoms with E-state index >= 15 is 0 Å². The van der Waals surface area contributed by atoms with Crippen LogP contribution >= 0.6 is 0 Å². The molecule has 20 heavy (non-hydrogen) atoms. The van der Waals surface area contributed by atoms with Crippen molar-refractivity contribution in [1.29, 1.82) is 0 Å². The summed E-state index contributed by atoms with van der Waals surface area (Å²) >= 11 is 0. The molecule has 2 aliphatic rings. The Labute approximate surface area is 116 Å². The van der Waals surface area contributed by atoms with Crippen molar-refractivity contribution in [2.75, 3.05) is 0 Å². The van der Waals surface area contributed by atoms with E-state index in [-0.39, 0.29) is 5.92 Å². The van der Waals surface area contributed by atoms with Crippen LogP contribution in [-0.4, -0.2) is 30.3 Å². The minimum absolute atomic E-state index is 0.00338. The summed E-state index contributed by atoms with van der Waals surface area (Å²) < 4.78 is 60.5. The standard InChI is InChI=1S/C12H18F2O5S/c13-12(14,20(16,17)18)11(15)19-10-7-5-8-2-1-3-9(10)6-4-8/h8-10H,1-7H2,(H,16,17,18). The first kappa shape index (κ1) is 15.6. The van der Waals surface area contributed by atoms with Crippen molar-refractivity contribution in [1.82, 2.24) is 0 Å². The topological polar surface area (TPSA) is 80.7 Å². The van der Waals surface area contributed by atoms with Crippen LogP contribution in [0.3, 0.4) is 0 Å². The van der Waals surface area contributed by atoms with Crippen molar-refractivity contribution in [3.8, 4) is 0 Å². The van der Waals surface area contributed by atoms with Crippen LogP contribution in [0.15, 0.2) is 0 Å². The van der Waals surface area contributed by atoms with Gasteiger partial charge < -0.3 is 4.74 Å². The van der Waals surface area contributed by atoms with E-state index in [4.69, 9.17) is 9.29 Å². The molecule has 2 fully saturated rings. The van der Waals surface area contributed by atoms with Crippen molar-refractivity contribution in [3.63, 3.8) is 0 Å². The first-order valence-electron chi connectivity index (χ1n) is 6.77. The third-order valence-electron chi connectivity index (χ3n) is 4.34. The molecule has 1 N–H and O–H groups in total. The summed E-state index contributed by atoms with van der Waals surface area (Å²) in [7, 11) is -5.79. The molecule has 0 saturated heterocycles. The number of hydrogen-bond donors (Lipinski definition) is 1.